The SMILES string of the molecule is NC(N)=O.O=[Si](O)O.[H-].[Na+]. The summed E-state index contributed by atoms with van der Waals surface area (Å²) in [4.78, 5) is 23.3. The van der Waals surface area contributed by atoms with E-state index in [9.17, 15) is 0 Å². The molecule has 0 aromatic heterocycles. The minimum absolute atomic E-state index is 0. The fourth-order valence-corrected chi connectivity index (χ4v) is 0. The van der Waals surface area contributed by atoms with E-state index in [1.54, 1.807) is 0 Å². The summed E-state index contributed by atoms with van der Waals surface area (Å²) in [7, 11) is -3.13. The molecule has 0 heterocycles. The third-order valence-electron chi connectivity index (χ3n) is 0. The normalized spacial score (nSPS) is 5.33. The molecule has 0 fully saturated rings. The van der Waals surface area contributed by atoms with Crippen LogP contribution in [0.4, 0.5) is 4.79 Å². The first-order valence-electron chi connectivity index (χ1n) is 1.43. The Balaban J connectivity index is -0.0000000300. The van der Waals surface area contributed by atoms with E-state index in [4.69, 9.17) is 18.8 Å². The molecule has 50 valence electrons. The van der Waals surface area contributed by atoms with E-state index < -0.39 is 15.2 Å². The molecule has 0 saturated carbocycles. The van der Waals surface area contributed by atoms with Gasteiger partial charge < -0.3 is 22.5 Å². The quantitative estimate of drug-likeness (QED) is 0.265. The van der Waals surface area contributed by atoms with Crippen molar-refractivity contribution in [3.05, 3.63) is 0 Å². The van der Waals surface area contributed by atoms with Gasteiger partial charge in [0.05, 0.1) is 0 Å². The number of carbonyl (C=O) groups excluding carboxylic acids is 1. The molecule has 0 radical (unpaired) electrons. The monoisotopic (exact) mass is 162 g/mol. The molecular formula is CH7N2NaO4Si. The van der Waals surface area contributed by atoms with Gasteiger partial charge in [-0.1, -0.05) is 0 Å². The van der Waals surface area contributed by atoms with Crippen LogP contribution < -0.4 is 41.0 Å². The minimum atomic E-state index is -3.13. The number of rotatable bonds is 0. The Hall–Kier alpha value is -0.113. The maximum Gasteiger partial charge on any atom is 1.00 e. The Bertz CT molecular complexity index is 81.3. The van der Waals surface area contributed by atoms with Gasteiger partial charge in [0.25, 0.3) is 0 Å². The van der Waals surface area contributed by atoms with Crippen LogP contribution in [-0.2, 0) is 4.46 Å². The van der Waals surface area contributed by atoms with Crippen molar-refractivity contribution < 1.29 is 49.8 Å². The second-order valence-electron chi connectivity index (χ2n) is 0.685. The maximum absolute atomic E-state index is 9.00. The standard InChI is InChI=1S/CH4N2O.Na.H2O3Si.H/c2-1(3)4;;1-4(2)3;/h(H4,2,3,4);;1-2H;/q;+1;;-1. The van der Waals surface area contributed by atoms with E-state index in [1.807, 2.05) is 0 Å². The Morgan fingerprint density at radius 2 is 1.44 bits per heavy atom. The molecule has 6 nitrogen and oxygen atoms in total. The van der Waals surface area contributed by atoms with Gasteiger partial charge in [-0.3, -0.25) is 4.46 Å². The van der Waals surface area contributed by atoms with Crippen molar-refractivity contribution in [1.29, 1.82) is 0 Å². The van der Waals surface area contributed by atoms with Crippen LogP contribution >= 0.6 is 0 Å². The molecule has 9 heavy (non-hydrogen) atoms. The van der Waals surface area contributed by atoms with Crippen LogP contribution in [0.5, 0.6) is 0 Å². The van der Waals surface area contributed by atoms with E-state index in [0.717, 1.165) is 0 Å². The first kappa shape index (κ1) is 16.0. The van der Waals surface area contributed by atoms with Gasteiger partial charge in [-0.05, 0) is 0 Å². The molecule has 0 spiro atoms. The molecular weight excluding hydrogens is 155 g/mol. The van der Waals surface area contributed by atoms with Gasteiger partial charge in [-0.2, -0.15) is 0 Å². The second-order valence-corrected chi connectivity index (χ2v) is 1.25. The summed E-state index contributed by atoms with van der Waals surface area (Å²) in [5.74, 6) is 0. The Morgan fingerprint density at radius 3 is 1.44 bits per heavy atom. The average molecular weight is 162 g/mol. The van der Waals surface area contributed by atoms with Gasteiger partial charge in [0, 0.05) is 0 Å². The van der Waals surface area contributed by atoms with Crippen molar-refractivity contribution in [1.82, 2.24) is 0 Å². The summed E-state index contributed by atoms with van der Waals surface area (Å²) >= 11 is 0. The van der Waals surface area contributed by atoms with Crippen molar-refractivity contribution in [3.8, 4) is 0 Å². The molecule has 0 aliphatic rings. The van der Waals surface area contributed by atoms with Gasteiger partial charge in [-0.15, -0.1) is 0 Å². The van der Waals surface area contributed by atoms with Gasteiger partial charge in [0.1, 0.15) is 0 Å². The van der Waals surface area contributed by atoms with E-state index in [1.165, 1.54) is 0 Å². The van der Waals surface area contributed by atoms with Crippen molar-refractivity contribution in [3.63, 3.8) is 0 Å². The number of hydrogen-bond donors (Lipinski definition) is 4. The molecule has 0 aliphatic carbocycles. The van der Waals surface area contributed by atoms with Gasteiger partial charge in [-0.25, -0.2) is 4.79 Å². The second kappa shape index (κ2) is 10.8. The van der Waals surface area contributed by atoms with Crippen LogP contribution in [0, 0.1) is 0 Å². The van der Waals surface area contributed by atoms with Gasteiger partial charge in [0.2, 0.25) is 0 Å². The average Bonchev–Trinajstić information content (AvgIpc) is 1.25. The van der Waals surface area contributed by atoms with Gasteiger partial charge >= 0.3 is 44.8 Å². The first-order valence-corrected chi connectivity index (χ1v) is 2.74. The van der Waals surface area contributed by atoms with Crippen LogP contribution in [-0.4, -0.2) is 24.8 Å². The third kappa shape index (κ3) is 21400. The Labute approximate surface area is 76.5 Å². The Kier molecular flexibility index (Phi) is 19.1. The zero-order chi connectivity index (χ0) is 7.15. The van der Waals surface area contributed by atoms with Crippen LogP contribution in [0.2, 0.25) is 0 Å². The summed E-state index contributed by atoms with van der Waals surface area (Å²) in [5.41, 5.74) is 8.50. The molecule has 0 unspecified atom stereocenters. The fourth-order valence-electron chi connectivity index (χ4n) is 0. The molecule has 0 bridgehead atoms. The van der Waals surface area contributed by atoms with Crippen LogP contribution in [0.1, 0.15) is 1.43 Å². The molecule has 0 saturated heterocycles. The summed E-state index contributed by atoms with van der Waals surface area (Å²) in [6.07, 6.45) is 0. The maximum atomic E-state index is 9.00. The first-order chi connectivity index (χ1) is 3.46. The van der Waals surface area contributed by atoms with Crippen molar-refractivity contribution in [2.75, 3.05) is 0 Å². The predicted molar refractivity (Wildman–Crippen MR) is 25.8 cm³/mol. The number of hydrogen-bond acceptors (Lipinski definition) is 2. The van der Waals surface area contributed by atoms with Crippen molar-refractivity contribution >= 4 is 15.2 Å². The molecule has 0 rings (SSSR count). The van der Waals surface area contributed by atoms with E-state index in [0.29, 0.717) is 0 Å². The molecule has 6 N–H and O–H groups in total. The largest absolute Gasteiger partial charge is 1.00 e. The molecule has 0 aliphatic heterocycles. The summed E-state index contributed by atoms with van der Waals surface area (Å²) in [5, 5.41) is 0. The molecule has 8 heteroatoms. The summed E-state index contributed by atoms with van der Waals surface area (Å²) in [6, 6.07) is -0.833. The minimum Gasteiger partial charge on any atom is -1.00 e. The number of carbonyl (C=O) groups is 1. The molecule has 2 amide bonds. The van der Waals surface area contributed by atoms with Gasteiger partial charge in [0.15, 0.2) is 0 Å². The zero-order valence-corrected chi connectivity index (χ0v) is 7.87. The predicted octanol–water partition coefficient (Wildman–Crippen LogP) is -5.47. The molecule has 0 aromatic carbocycles. The number of nitrogens with two attached hydrogens (primary N) is 2. The number of urea groups is 1. The summed E-state index contributed by atoms with van der Waals surface area (Å²) in [6.45, 7) is 0. The fraction of sp³-hybridized carbons (Fsp3) is 0. The van der Waals surface area contributed by atoms with Crippen LogP contribution in [0.15, 0.2) is 0 Å². The smallest absolute Gasteiger partial charge is 1.00 e. The topological polar surface area (TPSA) is 127 Å². The van der Waals surface area contributed by atoms with Crippen molar-refractivity contribution in [2.45, 2.75) is 0 Å². The van der Waals surface area contributed by atoms with Crippen LogP contribution in [0.3, 0.4) is 0 Å². The van der Waals surface area contributed by atoms with E-state index >= 15 is 0 Å². The zero-order valence-electron chi connectivity index (χ0n) is 5.87. The molecule has 0 aromatic rings. The summed E-state index contributed by atoms with van der Waals surface area (Å²) < 4.78 is 8.74. The molecule has 0 atom stereocenters. The third-order valence-corrected chi connectivity index (χ3v) is 0. The van der Waals surface area contributed by atoms with E-state index in [2.05, 4.69) is 11.5 Å². The number of primary amides is 2. The number of amides is 2. The Morgan fingerprint density at radius 1 is 1.44 bits per heavy atom. The van der Waals surface area contributed by atoms with Crippen LogP contribution in [0.25, 0.3) is 0 Å². The van der Waals surface area contributed by atoms with E-state index in [-0.39, 0.29) is 31.0 Å². The van der Waals surface area contributed by atoms with Crippen molar-refractivity contribution in [2.24, 2.45) is 11.5 Å².